The normalized spacial score (nSPS) is 12.5. The summed E-state index contributed by atoms with van der Waals surface area (Å²) in [5, 5.41) is 0. The van der Waals surface area contributed by atoms with E-state index < -0.39 is 0 Å². The van der Waals surface area contributed by atoms with Crippen molar-refractivity contribution in [2.75, 3.05) is 7.11 Å². The van der Waals surface area contributed by atoms with E-state index in [9.17, 15) is 0 Å². The van der Waals surface area contributed by atoms with Crippen molar-refractivity contribution in [3.8, 4) is 0 Å². The zero-order chi connectivity index (χ0) is 4.28. The summed E-state index contributed by atoms with van der Waals surface area (Å²) in [6.45, 7) is 1.77. The van der Waals surface area contributed by atoms with Crippen molar-refractivity contribution in [1.82, 2.24) is 0 Å². The molecule has 6 heavy (non-hydrogen) atoms. The van der Waals surface area contributed by atoms with Crippen LogP contribution in [0.2, 0.25) is 0 Å². The van der Waals surface area contributed by atoms with Gasteiger partial charge in [-0.15, -0.1) is 0 Å². The molecule has 0 bridgehead atoms. The summed E-state index contributed by atoms with van der Waals surface area (Å²) in [5.41, 5.74) is -0.144. The number of hydrogen-bond donors (Lipinski definition) is 0. The zero-order valence-electron chi connectivity index (χ0n) is 6.07. The van der Waals surface area contributed by atoms with Gasteiger partial charge < -0.3 is 7.59 Å². The van der Waals surface area contributed by atoms with Gasteiger partial charge in [0.25, 0.3) is 0 Å². The number of ether oxygens (including phenoxy) is 1. The van der Waals surface area contributed by atoms with Crippen LogP contribution in [-0.2, 0) is 4.74 Å². The summed E-state index contributed by atoms with van der Waals surface area (Å²) < 4.78 is 4.52. The first-order chi connectivity index (χ1) is 2.27. The Morgan fingerprint density at radius 1 is 1.83 bits per heavy atom. The van der Waals surface area contributed by atoms with E-state index in [0.29, 0.717) is 0 Å². The predicted molar refractivity (Wildman–Crippen MR) is 30.3 cm³/mol. The van der Waals surface area contributed by atoms with Gasteiger partial charge in [-0.05, 0) is 6.92 Å². The molecule has 0 aromatic carbocycles. The van der Waals surface area contributed by atoms with Crippen molar-refractivity contribution < 1.29 is 7.59 Å². The SMILES string of the molecule is COC(C)Cl.[H-].[H-].[Mg+2]. The number of halogens is 1. The smallest absolute Gasteiger partial charge is 1.00 e. The molecule has 0 aliphatic carbocycles. The van der Waals surface area contributed by atoms with E-state index in [-0.39, 0.29) is 31.5 Å². The molecule has 0 rings (SSSR count). The first-order valence-electron chi connectivity index (χ1n) is 1.44. The maximum absolute atomic E-state index is 5.24. The Kier molecular flexibility index (Phi) is 10.1. The third-order valence-corrected chi connectivity index (χ3v) is 0.503. The van der Waals surface area contributed by atoms with Gasteiger partial charge in [0.05, 0.1) is 0 Å². The quantitative estimate of drug-likeness (QED) is 0.372. The summed E-state index contributed by atoms with van der Waals surface area (Å²) >= 11 is 5.24. The minimum atomic E-state index is -0.144. The van der Waals surface area contributed by atoms with Crippen LogP contribution in [0.1, 0.15) is 9.78 Å². The van der Waals surface area contributed by atoms with Gasteiger partial charge in [0, 0.05) is 7.11 Å². The van der Waals surface area contributed by atoms with E-state index in [1.54, 1.807) is 14.0 Å². The van der Waals surface area contributed by atoms with Crippen LogP contribution in [0.5, 0.6) is 0 Å². The Labute approximate surface area is 62.1 Å². The van der Waals surface area contributed by atoms with E-state index in [1.807, 2.05) is 0 Å². The second kappa shape index (κ2) is 6.02. The number of rotatable bonds is 1. The molecule has 0 heterocycles. The van der Waals surface area contributed by atoms with Crippen LogP contribution in [0.25, 0.3) is 0 Å². The van der Waals surface area contributed by atoms with Crippen molar-refractivity contribution >= 4 is 34.7 Å². The summed E-state index contributed by atoms with van der Waals surface area (Å²) in [5.74, 6) is 0. The average molecular weight is 121 g/mol. The molecule has 0 radical (unpaired) electrons. The standard InChI is InChI=1S/C3H7ClO.Mg.2H/c1-3(4)5-2;;;/h3H,1-2H3;;;/q;+2;2*-1. The van der Waals surface area contributed by atoms with Crippen LogP contribution in [0.3, 0.4) is 0 Å². The van der Waals surface area contributed by atoms with Crippen LogP contribution in [0.4, 0.5) is 0 Å². The Hall–Kier alpha value is 1.02. The molecule has 0 fully saturated rings. The molecule has 0 aromatic heterocycles. The van der Waals surface area contributed by atoms with Crippen molar-refractivity contribution in [2.45, 2.75) is 12.5 Å². The summed E-state index contributed by atoms with van der Waals surface area (Å²) in [7, 11) is 1.57. The van der Waals surface area contributed by atoms with Gasteiger partial charge in [-0.25, -0.2) is 0 Å². The van der Waals surface area contributed by atoms with E-state index in [1.165, 1.54) is 0 Å². The molecule has 0 aliphatic heterocycles. The minimum Gasteiger partial charge on any atom is -1.00 e. The Morgan fingerprint density at radius 2 is 2.00 bits per heavy atom. The Bertz CT molecular complexity index is 31.2. The number of alkyl halides is 1. The molecule has 1 atom stereocenters. The van der Waals surface area contributed by atoms with Crippen LogP contribution >= 0.6 is 11.6 Å². The number of methoxy groups -OCH3 is 1. The molecule has 0 amide bonds. The fourth-order valence-electron chi connectivity index (χ4n) is 0. The topological polar surface area (TPSA) is 9.23 Å². The molecular formula is C3H9ClMgO. The second-order valence-corrected chi connectivity index (χ2v) is 1.39. The average Bonchev–Trinajstić information content (AvgIpc) is 1.38. The molecular weight excluding hydrogens is 112 g/mol. The second-order valence-electron chi connectivity index (χ2n) is 0.779. The van der Waals surface area contributed by atoms with Crippen molar-refractivity contribution in [1.29, 1.82) is 0 Å². The molecule has 0 aliphatic rings. The molecule has 36 valence electrons. The molecule has 1 nitrogen and oxygen atoms in total. The molecule has 3 heteroatoms. The van der Waals surface area contributed by atoms with Crippen LogP contribution in [0.15, 0.2) is 0 Å². The van der Waals surface area contributed by atoms with Crippen molar-refractivity contribution in [2.24, 2.45) is 0 Å². The largest absolute Gasteiger partial charge is 2.00 e. The van der Waals surface area contributed by atoms with Crippen LogP contribution in [0, 0.1) is 0 Å². The molecule has 0 spiro atoms. The molecule has 0 N–H and O–H groups in total. The zero-order valence-corrected chi connectivity index (χ0v) is 6.24. The van der Waals surface area contributed by atoms with Gasteiger partial charge in [-0.3, -0.25) is 0 Å². The van der Waals surface area contributed by atoms with E-state index in [0.717, 1.165) is 0 Å². The van der Waals surface area contributed by atoms with Gasteiger partial charge in [0.2, 0.25) is 0 Å². The van der Waals surface area contributed by atoms with Gasteiger partial charge in [-0.2, -0.15) is 0 Å². The van der Waals surface area contributed by atoms with Crippen molar-refractivity contribution in [3.63, 3.8) is 0 Å². The first kappa shape index (κ1) is 10.1. The fourth-order valence-corrected chi connectivity index (χ4v) is 0. The summed E-state index contributed by atoms with van der Waals surface area (Å²) in [4.78, 5) is 0. The van der Waals surface area contributed by atoms with Crippen LogP contribution in [-0.4, -0.2) is 35.7 Å². The summed E-state index contributed by atoms with van der Waals surface area (Å²) in [6, 6.07) is 0. The molecule has 0 saturated heterocycles. The fraction of sp³-hybridized carbons (Fsp3) is 1.00. The monoisotopic (exact) mass is 120 g/mol. The Morgan fingerprint density at radius 3 is 2.00 bits per heavy atom. The maximum Gasteiger partial charge on any atom is 2.00 e. The van der Waals surface area contributed by atoms with Gasteiger partial charge in [0.15, 0.2) is 0 Å². The van der Waals surface area contributed by atoms with Crippen molar-refractivity contribution in [3.05, 3.63) is 0 Å². The molecule has 1 unspecified atom stereocenters. The molecule has 0 aromatic rings. The van der Waals surface area contributed by atoms with E-state index >= 15 is 0 Å². The molecule has 0 saturated carbocycles. The third-order valence-electron chi connectivity index (χ3n) is 0.325. The number of hydrogen-bond acceptors (Lipinski definition) is 1. The first-order valence-corrected chi connectivity index (χ1v) is 1.88. The summed E-state index contributed by atoms with van der Waals surface area (Å²) in [6.07, 6.45) is 0. The predicted octanol–water partition coefficient (Wildman–Crippen LogP) is 1.06. The van der Waals surface area contributed by atoms with E-state index in [4.69, 9.17) is 11.6 Å². The van der Waals surface area contributed by atoms with Gasteiger partial charge in [-0.1, -0.05) is 11.6 Å². The van der Waals surface area contributed by atoms with Gasteiger partial charge in [0.1, 0.15) is 5.56 Å². The maximum atomic E-state index is 5.24. The minimum absolute atomic E-state index is 0. The van der Waals surface area contributed by atoms with Crippen LogP contribution < -0.4 is 0 Å². The Balaban J connectivity index is -0.0000000267. The van der Waals surface area contributed by atoms with Gasteiger partial charge >= 0.3 is 23.1 Å². The van der Waals surface area contributed by atoms with E-state index in [2.05, 4.69) is 4.74 Å². The third kappa shape index (κ3) is 8.89.